The van der Waals surface area contributed by atoms with Gasteiger partial charge in [0.2, 0.25) is 0 Å². The van der Waals surface area contributed by atoms with Crippen molar-refractivity contribution >= 4 is 29.6 Å². The molecule has 0 spiro atoms. The van der Waals surface area contributed by atoms with Crippen LogP contribution in [0.3, 0.4) is 0 Å². The molecule has 1 aromatic carbocycles. The Morgan fingerprint density at radius 1 is 1.32 bits per heavy atom. The molecule has 0 aliphatic heterocycles. The highest BCUT2D eigenvalue weighted by Gasteiger charge is 2.20. The minimum absolute atomic E-state index is 0.220. The van der Waals surface area contributed by atoms with Crippen molar-refractivity contribution in [2.24, 2.45) is 0 Å². The lowest BCUT2D eigenvalue weighted by Gasteiger charge is -2.14. The molecule has 0 radical (unpaired) electrons. The van der Waals surface area contributed by atoms with Crippen LogP contribution in [0, 0.1) is 0 Å². The quantitative estimate of drug-likeness (QED) is 0.559. The highest BCUT2D eigenvalue weighted by atomic mass is 32.2. The van der Waals surface area contributed by atoms with Crippen LogP contribution in [0.25, 0.3) is 0 Å². The van der Waals surface area contributed by atoms with E-state index in [1.165, 1.54) is 25.3 Å². The van der Waals surface area contributed by atoms with Crippen molar-refractivity contribution in [2.45, 2.75) is 19.4 Å². The largest absolute Gasteiger partial charge is 0.480 e. The van der Waals surface area contributed by atoms with Gasteiger partial charge in [-0.1, -0.05) is 13.0 Å². The van der Waals surface area contributed by atoms with E-state index in [9.17, 15) is 14.4 Å². The number of aliphatic carboxylic acids is 1. The summed E-state index contributed by atoms with van der Waals surface area (Å²) in [4.78, 5) is 34.7. The van der Waals surface area contributed by atoms with Crippen molar-refractivity contribution < 1.29 is 24.2 Å². The molecule has 120 valence electrons. The summed E-state index contributed by atoms with van der Waals surface area (Å²) in [5, 5.41) is 11.6. The zero-order chi connectivity index (χ0) is 16.5. The van der Waals surface area contributed by atoms with Crippen molar-refractivity contribution in [3.05, 3.63) is 35.4 Å². The molecule has 0 heterocycles. The molecular formula is C15H19NO5S. The summed E-state index contributed by atoms with van der Waals surface area (Å²) in [5.41, 5.74) is 0.459. The number of carbonyl (C=O) groups excluding carboxylic acids is 2. The average molecular weight is 325 g/mol. The van der Waals surface area contributed by atoms with Gasteiger partial charge in [0.05, 0.1) is 12.7 Å². The van der Waals surface area contributed by atoms with Crippen LogP contribution in [0.4, 0.5) is 0 Å². The molecule has 0 saturated carbocycles. The maximum Gasteiger partial charge on any atom is 0.337 e. The number of hydrogen-bond donors (Lipinski definition) is 2. The van der Waals surface area contributed by atoms with E-state index in [-0.39, 0.29) is 11.1 Å². The second-order valence-electron chi connectivity index (χ2n) is 4.42. The number of nitrogens with one attached hydrogen (secondary N) is 1. The number of thioether (sulfide) groups is 1. The number of methoxy groups -OCH3 is 1. The van der Waals surface area contributed by atoms with E-state index >= 15 is 0 Å². The Hall–Kier alpha value is -2.02. The predicted octanol–water partition coefficient (Wildman–Crippen LogP) is 1.80. The van der Waals surface area contributed by atoms with Gasteiger partial charge in [0.15, 0.2) is 0 Å². The molecule has 2 N–H and O–H groups in total. The van der Waals surface area contributed by atoms with Gasteiger partial charge >= 0.3 is 11.9 Å². The molecule has 1 atom stereocenters. The number of benzene rings is 1. The van der Waals surface area contributed by atoms with E-state index < -0.39 is 23.9 Å². The molecule has 1 rings (SSSR count). The molecule has 1 amide bonds. The normalized spacial score (nSPS) is 11.5. The van der Waals surface area contributed by atoms with Crippen LogP contribution >= 0.6 is 11.8 Å². The minimum atomic E-state index is -1.07. The number of amides is 1. The number of carboxylic acid groups (broad SMARTS) is 1. The zero-order valence-corrected chi connectivity index (χ0v) is 13.3. The molecule has 22 heavy (non-hydrogen) atoms. The molecule has 0 aromatic heterocycles. The van der Waals surface area contributed by atoms with E-state index in [2.05, 4.69) is 10.1 Å². The number of ether oxygens (including phenoxy) is 1. The zero-order valence-electron chi connectivity index (χ0n) is 12.5. The molecule has 7 heteroatoms. The first kappa shape index (κ1) is 18.0. The average Bonchev–Trinajstić information content (AvgIpc) is 2.53. The summed E-state index contributed by atoms with van der Waals surface area (Å²) >= 11 is 1.61. The molecule has 0 saturated heterocycles. The number of hydrogen-bond acceptors (Lipinski definition) is 5. The SMILES string of the molecule is CCSCCC(NC(=O)c1cccc(C(=O)OC)c1)C(=O)O. The van der Waals surface area contributed by atoms with Gasteiger partial charge in [0.1, 0.15) is 6.04 Å². The third-order valence-corrected chi connectivity index (χ3v) is 3.84. The standard InChI is InChI=1S/C15H19NO5S/c1-3-22-8-7-12(14(18)19)16-13(17)10-5-4-6-11(9-10)15(20)21-2/h4-6,9,12H,3,7-8H2,1-2H3,(H,16,17)(H,18,19). The van der Waals surface area contributed by atoms with Gasteiger partial charge in [0.25, 0.3) is 5.91 Å². The van der Waals surface area contributed by atoms with Crippen molar-refractivity contribution in [1.82, 2.24) is 5.32 Å². The van der Waals surface area contributed by atoms with Crippen molar-refractivity contribution in [1.29, 1.82) is 0 Å². The fourth-order valence-corrected chi connectivity index (χ4v) is 2.44. The van der Waals surface area contributed by atoms with Gasteiger partial charge in [-0.25, -0.2) is 9.59 Å². The minimum Gasteiger partial charge on any atom is -0.480 e. The Kier molecular flexibility index (Phi) is 7.45. The summed E-state index contributed by atoms with van der Waals surface area (Å²) in [6, 6.07) is 5.01. The fourth-order valence-electron chi connectivity index (χ4n) is 1.75. The molecular weight excluding hydrogens is 306 g/mol. The molecule has 0 fully saturated rings. The smallest absolute Gasteiger partial charge is 0.337 e. The van der Waals surface area contributed by atoms with E-state index in [1.807, 2.05) is 6.92 Å². The van der Waals surface area contributed by atoms with E-state index in [0.717, 1.165) is 5.75 Å². The highest BCUT2D eigenvalue weighted by Crippen LogP contribution is 2.09. The van der Waals surface area contributed by atoms with E-state index in [4.69, 9.17) is 5.11 Å². The van der Waals surface area contributed by atoms with Gasteiger partial charge in [-0.05, 0) is 36.1 Å². The number of carbonyl (C=O) groups is 3. The summed E-state index contributed by atoms with van der Waals surface area (Å²) < 4.78 is 4.59. The molecule has 0 aliphatic carbocycles. The van der Waals surface area contributed by atoms with Gasteiger partial charge in [0, 0.05) is 5.56 Å². The Labute approximate surface area is 133 Å². The maximum atomic E-state index is 12.1. The first-order valence-electron chi connectivity index (χ1n) is 6.79. The van der Waals surface area contributed by atoms with Crippen LogP contribution in [0.1, 0.15) is 34.1 Å². The van der Waals surface area contributed by atoms with Crippen molar-refractivity contribution in [2.75, 3.05) is 18.6 Å². The van der Waals surface area contributed by atoms with Crippen LogP contribution in [-0.2, 0) is 9.53 Å². The van der Waals surface area contributed by atoms with E-state index in [0.29, 0.717) is 12.2 Å². The predicted molar refractivity (Wildman–Crippen MR) is 84.3 cm³/mol. The van der Waals surface area contributed by atoms with Crippen LogP contribution < -0.4 is 5.32 Å². The summed E-state index contributed by atoms with van der Waals surface area (Å²) in [6.07, 6.45) is 0.344. The third kappa shape index (κ3) is 5.40. The third-order valence-electron chi connectivity index (χ3n) is 2.90. The Bertz CT molecular complexity index is 546. The second-order valence-corrected chi connectivity index (χ2v) is 5.82. The van der Waals surface area contributed by atoms with Crippen LogP contribution in [0.5, 0.6) is 0 Å². The lowest BCUT2D eigenvalue weighted by molar-refractivity contribution is -0.139. The van der Waals surface area contributed by atoms with Gasteiger partial charge in [-0.2, -0.15) is 11.8 Å². The first-order chi connectivity index (χ1) is 10.5. The van der Waals surface area contributed by atoms with Gasteiger partial charge < -0.3 is 15.2 Å². The molecule has 0 aliphatic rings. The summed E-state index contributed by atoms with van der Waals surface area (Å²) in [6.45, 7) is 1.98. The summed E-state index contributed by atoms with van der Waals surface area (Å²) in [7, 11) is 1.25. The van der Waals surface area contributed by atoms with Crippen molar-refractivity contribution in [3.8, 4) is 0 Å². The molecule has 6 nitrogen and oxygen atoms in total. The monoisotopic (exact) mass is 325 g/mol. The van der Waals surface area contributed by atoms with Crippen LogP contribution in [0.15, 0.2) is 24.3 Å². The Morgan fingerprint density at radius 3 is 2.59 bits per heavy atom. The molecule has 0 bridgehead atoms. The van der Waals surface area contributed by atoms with Crippen LogP contribution in [0.2, 0.25) is 0 Å². The number of esters is 1. The topological polar surface area (TPSA) is 92.7 Å². The Balaban J connectivity index is 2.77. The molecule has 1 unspecified atom stereocenters. The lowest BCUT2D eigenvalue weighted by atomic mass is 10.1. The Morgan fingerprint density at radius 2 is 2.00 bits per heavy atom. The van der Waals surface area contributed by atoms with Crippen molar-refractivity contribution in [3.63, 3.8) is 0 Å². The fraction of sp³-hybridized carbons (Fsp3) is 0.400. The van der Waals surface area contributed by atoms with Crippen LogP contribution in [-0.4, -0.2) is 47.6 Å². The van der Waals surface area contributed by atoms with Gasteiger partial charge in [-0.3, -0.25) is 4.79 Å². The summed E-state index contributed by atoms with van der Waals surface area (Å²) in [5.74, 6) is -0.616. The highest BCUT2D eigenvalue weighted by molar-refractivity contribution is 7.99. The van der Waals surface area contributed by atoms with E-state index in [1.54, 1.807) is 17.8 Å². The maximum absolute atomic E-state index is 12.1. The molecule has 1 aromatic rings. The lowest BCUT2D eigenvalue weighted by Crippen LogP contribution is -2.41. The number of rotatable bonds is 8. The second kappa shape index (κ2) is 9.09. The first-order valence-corrected chi connectivity index (χ1v) is 7.94. The number of carboxylic acids is 1. The van der Waals surface area contributed by atoms with Gasteiger partial charge in [-0.15, -0.1) is 0 Å².